The number of likely N-dealkylation sites (N-methyl/N-ethyl adjacent to an activating group) is 1. The second kappa shape index (κ2) is 15.9. The first-order valence-electron chi connectivity index (χ1n) is 13.1. The summed E-state index contributed by atoms with van der Waals surface area (Å²) in [6, 6.07) is 5.17. The van der Waals surface area contributed by atoms with Crippen LogP contribution in [0.25, 0.3) is 0 Å². The van der Waals surface area contributed by atoms with E-state index >= 15 is 0 Å². The molecular weight excluding hydrogens is 529 g/mol. The molecule has 1 aromatic rings. The maximum atomic E-state index is 11.8. The van der Waals surface area contributed by atoms with E-state index in [4.69, 9.17) is 7.80 Å². The van der Waals surface area contributed by atoms with Crippen LogP contribution in [0.5, 0.6) is 5.75 Å². The van der Waals surface area contributed by atoms with Crippen molar-refractivity contribution in [3.63, 3.8) is 0 Å². The quantitative estimate of drug-likeness (QED) is 0.105. The van der Waals surface area contributed by atoms with Gasteiger partial charge in [0.05, 0.1) is 0 Å². The third-order valence-electron chi connectivity index (χ3n) is 6.55. The van der Waals surface area contributed by atoms with E-state index in [0.29, 0.717) is 21.5 Å². The molecule has 5 nitrogen and oxygen atoms in total. The number of hydrogen-bond donors (Lipinski definition) is 0. The molecule has 33 heavy (non-hydrogen) atoms. The average molecular weight is 576 g/mol. The minimum absolute atomic E-state index is 0.406. The summed E-state index contributed by atoms with van der Waals surface area (Å²) in [5.41, 5.74) is 0.406. The average Bonchev–Trinajstić information content (AvgIpc) is 3.07. The zero-order valence-electron chi connectivity index (χ0n) is 21.2. The van der Waals surface area contributed by atoms with Gasteiger partial charge in [-0.15, -0.1) is 0 Å². The van der Waals surface area contributed by atoms with Gasteiger partial charge in [0.25, 0.3) is 0 Å². The fraction of sp³-hybridized carbons (Fsp3) is 0.741. The molecule has 0 bridgehead atoms. The van der Waals surface area contributed by atoms with Crippen LogP contribution in [0.15, 0.2) is 18.2 Å². The maximum absolute atomic E-state index is 11.8. The van der Waals surface area contributed by atoms with E-state index in [1.807, 2.05) is 0 Å². The Bertz CT molecular complexity index is 695. The van der Waals surface area contributed by atoms with Crippen molar-refractivity contribution in [2.24, 2.45) is 0 Å². The van der Waals surface area contributed by atoms with Gasteiger partial charge in [0.2, 0.25) is 0 Å². The Labute approximate surface area is 210 Å². The Morgan fingerprint density at radius 3 is 1.97 bits per heavy atom. The zero-order valence-corrected chi connectivity index (χ0v) is 23.4. The number of carbonyl (C=O) groups excluding carboxylic acids is 1. The molecule has 1 aliphatic heterocycles. The van der Waals surface area contributed by atoms with Crippen molar-refractivity contribution in [1.82, 2.24) is 0 Å². The third-order valence-corrected chi connectivity index (χ3v) is 9.24. The number of fused-ring (bicyclic) bond motifs is 1. The molecule has 0 N–H and O–H groups in total. The molecule has 0 unspecified atom stereocenters. The van der Waals surface area contributed by atoms with Crippen LogP contribution >= 0.6 is 20.6 Å². The van der Waals surface area contributed by atoms with E-state index in [1.165, 1.54) is 89.9 Å². The van der Waals surface area contributed by atoms with Gasteiger partial charge in [-0.25, -0.2) is 0 Å². The van der Waals surface area contributed by atoms with Crippen LogP contribution in [0.2, 0.25) is 0 Å². The number of nitrogens with zero attached hydrogens (tertiary/aromatic N) is 1. The number of benzene rings is 1. The van der Waals surface area contributed by atoms with Crippen molar-refractivity contribution in [3.8, 4) is 5.75 Å². The van der Waals surface area contributed by atoms with Crippen molar-refractivity contribution < 1.29 is 20.5 Å². The molecule has 1 aliphatic rings. The molecule has 0 spiro atoms. The number of ether oxygens (including phenoxy) is 1. The Hall–Kier alpha value is -0.860. The van der Waals surface area contributed by atoms with Gasteiger partial charge in [-0.1, -0.05) is 77.6 Å². The summed E-state index contributed by atoms with van der Waals surface area (Å²) in [6.45, 7) is 4.95. The number of halogens is 1. The number of unbranched alkanes of at least 4 members (excludes halogenated alkanes) is 13. The van der Waals surface area contributed by atoms with Crippen molar-refractivity contribution >= 4 is 26.6 Å². The van der Waals surface area contributed by atoms with Gasteiger partial charge in [0.1, 0.15) is 0 Å². The van der Waals surface area contributed by atoms with Crippen molar-refractivity contribution in [3.05, 3.63) is 27.3 Å². The van der Waals surface area contributed by atoms with Crippen LogP contribution in [0.3, 0.4) is 0 Å². The van der Waals surface area contributed by atoms with E-state index in [1.54, 1.807) is 18.2 Å². The topological polar surface area (TPSA) is 58.6 Å². The molecule has 2 rings (SSSR count). The molecule has 190 valence electrons. The summed E-state index contributed by atoms with van der Waals surface area (Å²) >= 11 is -2.95. The van der Waals surface area contributed by atoms with Crippen molar-refractivity contribution in [2.75, 3.05) is 33.8 Å². The van der Waals surface area contributed by atoms with E-state index < -0.39 is 26.6 Å². The predicted molar refractivity (Wildman–Crippen MR) is 142 cm³/mol. The SMILES string of the molecule is CCCCCCCCCCCCCCCC[N+](C)(C)CCOc1ccc2c(c1)C(=O)OI2[O-]. The van der Waals surface area contributed by atoms with Gasteiger partial charge in [-0.2, -0.15) is 0 Å². The van der Waals surface area contributed by atoms with Gasteiger partial charge in [-0.3, -0.25) is 0 Å². The molecule has 6 heteroatoms. The van der Waals surface area contributed by atoms with E-state index in [0.717, 1.165) is 17.6 Å². The molecule has 0 saturated carbocycles. The number of quaternary nitrogens is 1. The van der Waals surface area contributed by atoms with Crippen LogP contribution in [0.1, 0.15) is 107 Å². The second-order valence-corrected chi connectivity index (χ2v) is 12.9. The second-order valence-electron chi connectivity index (χ2n) is 10.1. The van der Waals surface area contributed by atoms with Gasteiger partial charge in [0.15, 0.2) is 0 Å². The Morgan fingerprint density at radius 1 is 0.848 bits per heavy atom. The number of hydrogen-bond acceptors (Lipinski definition) is 4. The van der Waals surface area contributed by atoms with Crippen LogP contribution in [-0.4, -0.2) is 44.2 Å². The van der Waals surface area contributed by atoms with E-state index in [2.05, 4.69) is 21.0 Å². The van der Waals surface area contributed by atoms with Gasteiger partial charge in [0, 0.05) is 0 Å². The molecule has 0 saturated heterocycles. The Kier molecular flexibility index (Phi) is 13.7. The molecule has 0 amide bonds. The zero-order chi connectivity index (χ0) is 23.9. The van der Waals surface area contributed by atoms with Gasteiger partial charge >= 0.3 is 133 Å². The van der Waals surface area contributed by atoms with Gasteiger partial charge in [-0.05, 0) is 0 Å². The monoisotopic (exact) mass is 575 g/mol. The summed E-state index contributed by atoms with van der Waals surface area (Å²) in [4.78, 5) is 11.7. The van der Waals surface area contributed by atoms with Crippen LogP contribution in [0.4, 0.5) is 0 Å². The summed E-state index contributed by atoms with van der Waals surface area (Å²) < 4.78 is 24.0. The van der Waals surface area contributed by atoms with Crippen molar-refractivity contribution in [2.45, 2.75) is 96.8 Å². The Morgan fingerprint density at radius 2 is 1.39 bits per heavy atom. The first-order chi connectivity index (χ1) is 15.9. The molecule has 0 aromatic heterocycles. The molecule has 0 fully saturated rings. The first kappa shape index (κ1) is 28.4. The molecule has 0 aliphatic carbocycles. The normalized spacial score (nSPS) is 14.4. The van der Waals surface area contributed by atoms with Crippen LogP contribution in [-0.2, 0) is 3.07 Å². The van der Waals surface area contributed by atoms with Crippen molar-refractivity contribution in [1.29, 1.82) is 0 Å². The number of carbonyl (C=O) groups is 1. The number of rotatable bonds is 19. The standard InChI is InChI=1S/C27H46INO4/c1-4-5-6-7-8-9-10-11-12-13-14-15-16-17-20-29(2,3)21-22-32-24-18-19-26-25(23-24)27(30)33-28(26)31/h18-19,23H,4-17,20-22H2,1-3H3. The minimum atomic E-state index is -2.95. The molecule has 1 heterocycles. The van der Waals surface area contributed by atoms with E-state index in [9.17, 15) is 8.23 Å². The van der Waals surface area contributed by atoms with Gasteiger partial charge < -0.3 is 0 Å². The fourth-order valence-electron chi connectivity index (χ4n) is 4.29. The van der Waals surface area contributed by atoms with Crippen LogP contribution in [0, 0.1) is 3.57 Å². The molecule has 1 aromatic carbocycles. The van der Waals surface area contributed by atoms with E-state index in [-0.39, 0.29) is 0 Å². The summed E-state index contributed by atoms with van der Waals surface area (Å²) in [6.07, 6.45) is 19.4. The van der Waals surface area contributed by atoms with Crippen LogP contribution < -0.4 is 8.17 Å². The summed E-state index contributed by atoms with van der Waals surface area (Å²) in [5.74, 6) is 0.165. The summed E-state index contributed by atoms with van der Waals surface area (Å²) in [5, 5.41) is 0. The Balaban J connectivity index is 1.45. The summed E-state index contributed by atoms with van der Waals surface area (Å²) in [7, 11) is 4.50. The molecule has 0 atom stereocenters. The molecular formula is C27H46INO4. The molecule has 0 radical (unpaired) electrons. The first-order valence-corrected chi connectivity index (χ1v) is 16.0. The third kappa shape index (κ3) is 11.4. The predicted octanol–water partition coefficient (Wildman–Crippen LogP) is 6.66. The fourth-order valence-corrected chi connectivity index (χ4v) is 6.45.